The van der Waals surface area contributed by atoms with Crippen molar-refractivity contribution in [3.63, 3.8) is 0 Å². The fourth-order valence-electron chi connectivity index (χ4n) is 1.94. The van der Waals surface area contributed by atoms with Gasteiger partial charge in [0.2, 0.25) is 5.91 Å². The van der Waals surface area contributed by atoms with Gasteiger partial charge in [-0.15, -0.1) is 22.7 Å². The van der Waals surface area contributed by atoms with Crippen LogP contribution in [0, 0.1) is 5.41 Å². The number of primary amides is 1. The van der Waals surface area contributed by atoms with E-state index in [2.05, 4.69) is 16.4 Å². The lowest BCUT2D eigenvalue weighted by Crippen LogP contribution is -2.49. The Bertz CT molecular complexity index is 570. The van der Waals surface area contributed by atoms with Gasteiger partial charge in [-0.2, -0.15) is 0 Å². The molecule has 2 rings (SSSR count). The maximum Gasteiger partial charge on any atom is 0.235 e. The quantitative estimate of drug-likeness (QED) is 0.892. The maximum absolute atomic E-state index is 11.5. The van der Waals surface area contributed by atoms with E-state index in [0.29, 0.717) is 6.54 Å². The van der Waals surface area contributed by atoms with E-state index in [4.69, 9.17) is 5.73 Å². The highest BCUT2D eigenvalue weighted by Gasteiger charge is 2.29. The molecule has 0 saturated heterocycles. The average molecular weight is 309 g/mol. The highest BCUT2D eigenvalue weighted by Crippen LogP contribution is 2.28. The molecule has 1 amide bonds. The summed E-state index contributed by atoms with van der Waals surface area (Å²) < 4.78 is 0. The summed E-state index contributed by atoms with van der Waals surface area (Å²) in [6, 6.07) is 3.71. The lowest BCUT2D eigenvalue weighted by Gasteiger charge is -2.28. The number of nitrogens with one attached hydrogen (secondary N) is 1. The lowest BCUT2D eigenvalue weighted by molar-refractivity contribution is -0.122. The number of hydrogen-bond acceptors (Lipinski definition) is 5. The Morgan fingerprint density at radius 3 is 2.75 bits per heavy atom. The Balaban J connectivity index is 2.02. The van der Waals surface area contributed by atoms with Crippen LogP contribution >= 0.6 is 22.7 Å². The third-order valence-corrected chi connectivity index (χ3v) is 4.85. The van der Waals surface area contributed by atoms with Crippen LogP contribution in [0.15, 0.2) is 22.9 Å². The molecule has 3 N–H and O–H groups in total. The fraction of sp³-hybridized carbons (Fsp3) is 0.429. The van der Waals surface area contributed by atoms with Crippen molar-refractivity contribution in [2.45, 2.75) is 33.4 Å². The molecule has 2 aromatic heterocycles. The fourth-order valence-corrected chi connectivity index (χ4v) is 3.58. The van der Waals surface area contributed by atoms with Crippen molar-refractivity contribution in [3.05, 3.63) is 28.6 Å². The van der Waals surface area contributed by atoms with Crippen LogP contribution in [0.3, 0.4) is 0 Å². The molecule has 0 bridgehead atoms. The second-order valence-corrected chi connectivity index (χ2v) is 7.51. The SMILES string of the molecule is CC(C)(C)C(NCc1csc(-c2cccs2)n1)C(N)=O. The van der Waals surface area contributed by atoms with Gasteiger partial charge >= 0.3 is 0 Å². The van der Waals surface area contributed by atoms with Gasteiger partial charge in [0.1, 0.15) is 5.01 Å². The molecule has 108 valence electrons. The van der Waals surface area contributed by atoms with E-state index in [1.54, 1.807) is 22.7 Å². The van der Waals surface area contributed by atoms with E-state index in [9.17, 15) is 4.79 Å². The molecule has 20 heavy (non-hydrogen) atoms. The first-order valence-corrected chi connectivity index (χ1v) is 8.15. The number of thiophene rings is 1. The summed E-state index contributed by atoms with van der Waals surface area (Å²) in [6.45, 7) is 6.53. The monoisotopic (exact) mass is 309 g/mol. The second-order valence-electron chi connectivity index (χ2n) is 5.70. The minimum atomic E-state index is -0.366. The first-order chi connectivity index (χ1) is 9.38. The van der Waals surface area contributed by atoms with Gasteiger partial charge < -0.3 is 5.73 Å². The highest BCUT2D eigenvalue weighted by atomic mass is 32.1. The largest absolute Gasteiger partial charge is 0.368 e. The van der Waals surface area contributed by atoms with Gasteiger partial charge in [0.15, 0.2) is 0 Å². The van der Waals surface area contributed by atoms with Gasteiger partial charge in [0.05, 0.1) is 16.6 Å². The predicted octanol–water partition coefficient (Wildman–Crippen LogP) is 2.86. The van der Waals surface area contributed by atoms with E-state index in [1.165, 1.54) is 4.88 Å². The van der Waals surface area contributed by atoms with Gasteiger partial charge in [-0.1, -0.05) is 26.8 Å². The molecule has 1 atom stereocenters. The van der Waals surface area contributed by atoms with Crippen LogP contribution in [0.1, 0.15) is 26.5 Å². The third-order valence-electron chi connectivity index (χ3n) is 2.92. The number of hydrogen-bond donors (Lipinski definition) is 2. The highest BCUT2D eigenvalue weighted by molar-refractivity contribution is 7.20. The van der Waals surface area contributed by atoms with Crippen molar-refractivity contribution < 1.29 is 4.79 Å². The molecule has 1 unspecified atom stereocenters. The standard InChI is InChI=1S/C14H19N3OS2/c1-14(2,3)11(12(15)18)16-7-9-8-20-13(17-9)10-5-4-6-19-10/h4-6,8,11,16H,7H2,1-3H3,(H2,15,18). The lowest BCUT2D eigenvalue weighted by atomic mass is 9.86. The van der Waals surface area contributed by atoms with Crippen molar-refractivity contribution >= 4 is 28.6 Å². The number of nitrogens with zero attached hydrogens (tertiary/aromatic N) is 1. The Hall–Kier alpha value is -1.24. The summed E-state index contributed by atoms with van der Waals surface area (Å²) in [7, 11) is 0. The molecule has 6 heteroatoms. The summed E-state index contributed by atoms with van der Waals surface area (Å²) in [5, 5.41) is 8.28. The van der Waals surface area contributed by atoms with E-state index in [-0.39, 0.29) is 17.4 Å². The molecular weight excluding hydrogens is 290 g/mol. The molecule has 2 heterocycles. The third kappa shape index (κ3) is 3.65. The van der Waals surface area contributed by atoms with Gasteiger partial charge in [-0.25, -0.2) is 4.98 Å². The van der Waals surface area contributed by atoms with Crippen molar-refractivity contribution in [2.75, 3.05) is 0 Å². The number of thiazole rings is 1. The first kappa shape index (κ1) is 15.2. The topological polar surface area (TPSA) is 68.0 Å². The van der Waals surface area contributed by atoms with Crippen molar-refractivity contribution in [2.24, 2.45) is 11.1 Å². The normalized spacial score (nSPS) is 13.3. The molecule has 4 nitrogen and oxygen atoms in total. The number of rotatable bonds is 5. The Kier molecular flexibility index (Phi) is 4.57. The van der Waals surface area contributed by atoms with Gasteiger partial charge in [0, 0.05) is 11.9 Å². The van der Waals surface area contributed by atoms with Crippen molar-refractivity contribution in [1.82, 2.24) is 10.3 Å². The van der Waals surface area contributed by atoms with E-state index < -0.39 is 0 Å². The molecule has 0 aliphatic heterocycles. The molecule has 0 aliphatic carbocycles. The summed E-state index contributed by atoms with van der Waals surface area (Å²) in [5.41, 5.74) is 6.18. The Labute approximate surface area is 127 Å². The van der Waals surface area contributed by atoms with E-state index >= 15 is 0 Å². The number of aromatic nitrogens is 1. The molecule has 2 aromatic rings. The van der Waals surface area contributed by atoms with Crippen LogP contribution in [0.25, 0.3) is 9.88 Å². The molecule has 0 aliphatic rings. The van der Waals surface area contributed by atoms with E-state index in [1.807, 2.05) is 37.6 Å². The van der Waals surface area contributed by atoms with Crippen LogP contribution in [0.4, 0.5) is 0 Å². The molecule has 0 fully saturated rings. The van der Waals surface area contributed by atoms with Crippen LogP contribution in [0.2, 0.25) is 0 Å². The summed E-state index contributed by atoms with van der Waals surface area (Å²) in [5.74, 6) is -0.328. The molecule has 0 aromatic carbocycles. The first-order valence-electron chi connectivity index (χ1n) is 6.39. The average Bonchev–Trinajstić information content (AvgIpc) is 2.96. The van der Waals surface area contributed by atoms with Crippen molar-refractivity contribution in [1.29, 1.82) is 0 Å². The van der Waals surface area contributed by atoms with Gasteiger partial charge in [-0.05, 0) is 16.9 Å². The Morgan fingerprint density at radius 2 is 2.20 bits per heavy atom. The number of nitrogens with two attached hydrogens (primary N) is 1. The Morgan fingerprint density at radius 1 is 1.45 bits per heavy atom. The van der Waals surface area contributed by atoms with Crippen LogP contribution in [0.5, 0.6) is 0 Å². The summed E-state index contributed by atoms with van der Waals surface area (Å²) in [4.78, 5) is 17.3. The zero-order valence-electron chi connectivity index (χ0n) is 11.8. The van der Waals surface area contributed by atoms with E-state index in [0.717, 1.165) is 10.7 Å². The van der Waals surface area contributed by atoms with Crippen LogP contribution in [-0.4, -0.2) is 16.9 Å². The molecule has 0 saturated carbocycles. The maximum atomic E-state index is 11.5. The molecule has 0 radical (unpaired) electrons. The smallest absolute Gasteiger partial charge is 0.235 e. The number of carbonyl (C=O) groups is 1. The second kappa shape index (κ2) is 6.03. The molecule has 0 spiro atoms. The van der Waals surface area contributed by atoms with Crippen LogP contribution < -0.4 is 11.1 Å². The number of amides is 1. The summed E-state index contributed by atoms with van der Waals surface area (Å²) >= 11 is 3.29. The predicted molar refractivity (Wildman–Crippen MR) is 84.7 cm³/mol. The summed E-state index contributed by atoms with van der Waals surface area (Å²) in [6.07, 6.45) is 0. The minimum absolute atomic E-state index is 0.210. The van der Waals surface area contributed by atoms with Gasteiger partial charge in [-0.3, -0.25) is 10.1 Å². The van der Waals surface area contributed by atoms with Crippen LogP contribution in [-0.2, 0) is 11.3 Å². The zero-order valence-corrected chi connectivity index (χ0v) is 13.5. The van der Waals surface area contributed by atoms with Gasteiger partial charge in [0.25, 0.3) is 0 Å². The molecular formula is C14H19N3OS2. The van der Waals surface area contributed by atoms with Crippen molar-refractivity contribution in [3.8, 4) is 9.88 Å². The zero-order chi connectivity index (χ0) is 14.8. The minimum Gasteiger partial charge on any atom is -0.368 e. The number of carbonyl (C=O) groups excluding carboxylic acids is 1.